The Morgan fingerprint density at radius 3 is 1.62 bits per heavy atom. The molecular weight excluding hydrogens is 550 g/mol. The summed E-state index contributed by atoms with van der Waals surface area (Å²) in [6.45, 7) is 20.8. The van der Waals surface area contributed by atoms with E-state index in [1.54, 1.807) is 0 Å². The fourth-order valence-electron chi connectivity index (χ4n) is 6.75. The number of hydrogen-bond donors (Lipinski definition) is 2. The number of unbranched alkanes of at least 4 members (excludes halogenated alkanes) is 1. The smallest absolute Gasteiger partial charge is 0.0464 e. The Kier molecular flexibility index (Phi) is 12.4. The lowest BCUT2D eigenvalue weighted by atomic mass is 9.78. The van der Waals surface area contributed by atoms with Gasteiger partial charge in [-0.1, -0.05) is 81.8 Å². The van der Waals surface area contributed by atoms with E-state index >= 15 is 0 Å². The van der Waals surface area contributed by atoms with E-state index in [2.05, 4.69) is 149 Å². The van der Waals surface area contributed by atoms with Crippen molar-refractivity contribution in [3.05, 3.63) is 102 Å². The molecule has 4 nitrogen and oxygen atoms in total. The molecule has 45 heavy (non-hydrogen) atoms. The van der Waals surface area contributed by atoms with E-state index in [0.717, 1.165) is 52.0 Å². The summed E-state index contributed by atoms with van der Waals surface area (Å²) < 4.78 is 0. The van der Waals surface area contributed by atoms with E-state index in [-0.39, 0.29) is 17.9 Å². The zero-order chi connectivity index (χ0) is 32.4. The van der Waals surface area contributed by atoms with Gasteiger partial charge in [0.2, 0.25) is 0 Å². The Morgan fingerprint density at radius 1 is 0.644 bits per heavy atom. The van der Waals surface area contributed by atoms with Gasteiger partial charge in [0.1, 0.15) is 0 Å². The minimum absolute atomic E-state index is 0.119. The van der Waals surface area contributed by atoms with Crippen molar-refractivity contribution in [2.24, 2.45) is 11.3 Å². The molecule has 2 N–H and O–H groups in total. The van der Waals surface area contributed by atoms with Crippen LogP contribution in [0.1, 0.15) is 90.3 Å². The van der Waals surface area contributed by atoms with Gasteiger partial charge in [-0.15, -0.1) is 0 Å². The molecular formula is C41H57N3O. The predicted molar refractivity (Wildman–Crippen MR) is 197 cm³/mol. The van der Waals surface area contributed by atoms with Gasteiger partial charge in [-0.05, 0) is 104 Å². The SMILES string of the molecule is CCN(CC)c1ccc(C(c2ccc(N(CC)CC)cc2)c2ccc(NCCCCC(CO)C(C)(C)C)c3ccccc23)cc1. The Bertz CT molecular complexity index is 1390. The van der Waals surface area contributed by atoms with Crippen LogP contribution in [0.4, 0.5) is 17.1 Å². The molecule has 1 unspecified atom stereocenters. The van der Waals surface area contributed by atoms with Gasteiger partial charge >= 0.3 is 0 Å². The molecule has 0 saturated carbocycles. The van der Waals surface area contributed by atoms with Crippen molar-refractivity contribution >= 4 is 27.8 Å². The average molecular weight is 608 g/mol. The molecule has 1 atom stereocenters. The van der Waals surface area contributed by atoms with Crippen LogP contribution in [0.25, 0.3) is 10.8 Å². The third-order valence-corrected chi connectivity index (χ3v) is 9.72. The lowest BCUT2D eigenvalue weighted by Gasteiger charge is -2.29. The largest absolute Gasteiger partial charge is 0.396 e. The first-order valence-corrected chi connectivity index (χ1v) is 17.3. The first kappa shape index (κ1) is 34.4. The second kappa shape index (κ2) is 16.2. The molecule has 0 radical (unpaired) electrons. The highest BCUT2D eigenvalue weighted by atomic mass is 16.3. The Labute approximate surface area is 273 Å². The lowest BCUT2D eigenvalue weighted by Crippen LogP contribution is -2.24. The van der Waals surface area contributed by atoms with Crippen LogP contribution in [0.2, 0.25) is 0 Å². The van der Waals surface area contributed by atoms with E-state index in [1.165, 1.54) is 44.5 Å². The monoisotopic (exact) mass is 607 g/mol. The number of hydrogen-bond acceptors (Lipinski definition) is 4. The van der Waals surface area contributed by atoms with Crippen LogP contribution >= 0.6 is 0 Å². The second-order valence-electron chi connectivity index (χ2n) is 13.4. The summed E-state index contributed by atoms with van der Waals surface area (Å²) in [7, 11) is 0. The Hall–Kier alpha value is -3.50. The molecule has 0 fully saturated rings. The fraction of sp³-hybridized carbons (Fsp3) is 0.463. The quantitative estimate of drug-likeness (QED) is 0.0982. The van der Waals surface area contributed by atoms with Gasteiger partial charge in [-0.25, -0.2) is 0 Å². The van der Waals surface area contributed by atoms with Crippen LogP contribution in [0.5, 0.6) is 0 Å². The maximum Gasteiger partial charge on any atom is 0.0464 e. The highest BCUT2D eigenvalue weighted by Gasteiger charge is 2.23. The van der Waals surface area contributed by atoms with Gasteiger partial charge in [0.05, 0.1) is 0 Å². The van der Waals surface area contributed by atoms with Crippen LogP contribution in [-0.4, -0.2) is 44.4 Å². The summed E-state index contributed by atoms with van der Waals surface area (Å²) >= 11 is 0. The molecule has 4 heteroatoms. The molecule has 0 spiro atoms. The molecule has 4 rings (SSSR count). The first-order valence-electron chi connectivity index (χ1n) is 17.3. The summed E-state index contributed by atoms with van der Waals surface area (Å²) in [6.07, 6.45) is 3.26. The number of nitrogens with one attached hydrogen (secondary N) is 1. The zero-order valence-electron chi connectivity index (χ0n) is 28.9. The number of fused-ring (bicyclic) bond motifs is 1. The van der Waals surface area contributed by atoms with Crippen molar-refractivity contribution in [3.8, 4) is 0 Å². The van der Waals surface area contributed by atoms with E-state index in [4.69, 9.17) is 0 Å². The maximum absolute atomic E-state index is 9.85. The minimum atomic E-state index is 0.119. The van der Waals surface area contributed by atoms with Crippen molar-refractivity contribution in [2.75, 3.05) is 54.4 Å². The van der Waals surface area contributed by atoms with Gasteiger partial charge < -0.3 is 20.2 Å². The van der Waals surface area contributed by atoms with Crippen LogP contribution in [-0.2, 0) is 0 Å². The van der Waals surface area contributed by atoms with E-state index in [9.17, 15) is 5.11 Å². The molecule has 0 heterocycles. The van der Waals surface area contributed by atoms with Gasteiger partial charge in [-0.2, -0.15) is 0 Å². The number of aliphatic hydroxyl groups is 1. The summed E-state index contributed by atoms with van der Waals surface area (Å²) in [5, 5.41) is 16.2. The molecule has 0 aromatic heterocycles. The molecule has 0 amide bonds. The lowest BCUT2D eigenvalue weighted by molar-refractivity contribution is 0.121. The Balaban J connectivity index is 1.67. The molecule has 0 aliphatic rings. The first-order chi connectivity index (χ1) is 21.7. The van der Waals surface area contributed by atoms with Gasteiger partial charge in [0, 0.05) is 67.7 Å². The summed E-state index contributed by atoms with van der Waals surface area (Å²) in [6, 6.07) is 32.0. The van der Waals surface area contributed by atoms with E-state index in [1.807, 2.05) is 0 Å². The number of aliphatic hydroxyl groups excluding tert-OH is 1. The van der Waals surface area contributed by atoms with Gasteiger partial charge in [0.25, 0.3) is 0 Å². The van der Waals surface area contributed by atoms with Crippen LogP contribution in [0.3, 0.4) is 0 Å². The summed E-state index contributed by atoms with van der Waals surface area (Å²) in [5.41, 5.74) is 7.83. The van der Waals surface area contributed by atoms with Crippen molar-refractivity contribution < 1.29 is 5.11 Å². The predicted octanol–water partition coefficient (Wildman–Crippen LogP) is 9.95. The third-order valence-electron chi connectivity index (χ3n) is 9.72. The van der Waals surface area contributed by atoms with Crippen molar-refractivity contribution in [1.29, 1.82) is 0 Å². The zero-order valence-corrected chi connectivity index (χ0v) is 28.9. The number of benzene rings is 4. The van der Waals surface area contributed by atoms with E-state index < -0.39 is 0 Å². The number of anilines is 3. The van der Waals surface area contributed by atoms with Gasteiger partial charge in [-0.3, -0.25) is 0 Å². The van der Waals surface area contributed by atoms with E-state index in [0.29, 0.717) is 5.92 Å². The molecule has 0 bridgehead atoms. The highest BCUT2D eigenvalue weighted by molar-refractivity contribution is 5.97. The highest BCUT2D eigenvalue weighted by Crippen LogP contribution is 2.39. The molecule has 242 valence electrons. The summed E-state index contributed by atoms with van der Waals surface area (Å²) in [5.74, 6) is 0.463. The van der Waals surface area contributed by atoms with Crippen molar-refractivity contribution in [1.82, 2.24) is 0 Å². The molecule has 0 saturated heterocycles. The third kappa shape index (κ3) is 8.41. The topological polar surface area (TPSA) is 38.7 Å². The number of rotatable bonds is 16. The van der Waals surface area contributed by atoms with Crippen LogP contribution in [0, 0.1) is 11.3 Å². The summed E-state index contributed by atoms with van der Waals surface area (Å²) in [4.78, 5) is 4.81. The second-order valence-corrected chi connectivity index (χ2v) is 13.4. The minimum Gasteiger partial charge on any atom is -0.396 e. The molecule has 0 aliphatic carbocycles. The van der Waals surface area contributed by atoms with Crippen molar-refractivity contribution in [2.45, 2.75) is 73.6 Å². The van der Waals surface area contributed by atoms with Crippen LogP contribution < -0.4 is 15.1 Å². The van der Waals surface area contributed by atoms with Gasteiger partial charge in [0.15, 0.2) is 0 Å². The van der Waals surface area contributed by atoms with Crippen LogP contribution in [0.15, 0.2) is 84.9 Å². The fourth-order valence-corrected chi connectivity index (χ4v) is 6.75. The van der Waals surface area contributed by atoms with Crippen molar-refractivity contribution in [3.63, 3.8) is 0 Å². The normalized spacial score (nSPS) is 12.5. The molecule has 0 aliphatic heterocycles. The average Bonchev–Trinajstić information content (AvgIpc) is 3.05. The molecule has 4 aromatic rings. The standard InChI is InChI=1S/C41H57N3O/c1-8-43(9-2)34-23-19-31(20-24-34)40(32-21-25-35(26-22-32)44(10-3)11-4)38-27-28-39(37-18-13-12-17-36(37)38)42-29-15-14-16-33(30-45)41(5,6)7/h12-13,17-28,33,40,42,45H,8-11,14-16,29-30H2,1-7H3. The molecule has 4 aromatic carbocycles. The maximum atomic E-state index is 9.85. The Morgan fingerprint density at radius 2 is 1.16 bits per heavy atom. The number of nitrogens with zero attached hydrogens (tertiary/aromatic N) is 2.